The van der Waals surface area contributed by atoms with Gasteiger partial charge in [-0.2, -0.15) is 0 Å². The molecule has 1 amide bonds. The smallest absolute Gasteiger partial charge is 0.329 e. The van der Waals surface area contributed by atoms with Crippen LogP contribution in [0.1, 0.15) is 126 Å². The number of esters is 1. The molecule has 4 aliphatic rings. The van der Waals surface area contributed by atoms with Crippen molar-refractivity contribution < 1.29 is 67.0 Å². The zero-order valence-electron chi connectivity index (χ0n) is 48.2. The van der Waals surface area contributed by atoms with Gasteiger partial charge in [-0.05, 0) is 131 Å². The van der Waals surface area contributed by atoms with Crippen molar-refractivity contribution in [2.24, 2.45) is 35.5 Å². The van der Waals surface area contributed by atoms with Crippen LogP contribution in [-0.2, 0) is 56.7 Å². The SMILES string of the molecule is CO[C@H]1C[C@@H]2CC[C@@H](C)[C@@](O)(O2)C(=O)C(=O)N2CCCC[C@H]2C(=O)OC([C@H](C)C[C@@H]2CC[C@@H](OP(=O)(c3ccccc3)c3ccccc3)[C@H](OC)C2)CC(=O)[C@H](C)/C=C(\C)[C@@H](O)[C@@H](OC)C(=O)[C@H](C)C[C@H](C)/C=C/C=C/C=C/1C. The molecule has 2 aromatic rings. The van der Waals surface area contributed by atoms with Crippen molar-refractivity contribution in [2.45, 2.75) is 180 Å². The summed E-state index contributed by atoms with van der Waals surface area (Å²) < 4.78 is 51.9. The molecule has 1 saturated carbocycles. The molecule has 2 aromatic carbocycles. The fourth-order valence-corrected chi connectivity index (χ4v) is 14.2. The lowest BCUT2D eigenvalue weighted by atomic mass is 9.78. The largest absolute Gasteiger partial charge is 0.460 e. The van der Waals surface area contributed by atoms with Gasteiger partial charge in [0.05, 0.1) is 24.4 Å². The standard InChI is InChI=1S/C63H88NO14P/c1-40-22-14-11-15-23-41(2)54(73-8)38-48-31-29-46(7)63(71,77-48)60(68)61(69)64-33-21-20-28-51(64)62(70)76-55(39-52(65)42(3)35-45(6)58(67)59(75-10)57(66)44(5)34-40)43(4)36-47-30-32-53(56(37-47)74-9)78-79(72,49-24-16-12-17-25-49)50-26-18-13-19-27-50/h11-19,22-27,35,40,42-44,46-48,51,53-56,58-59,67,71H,20-21,28-34,36-39H2,1-10H3/b15-11+,22-14+,41-23+,45-35+/t40-,42-,43-,44-,46-,47+,48+,51+,53-,54+,55?,56-,58-,59+,63-/m1/s1. The number of Topliss-reactive ketones (excluding diaryl/α,β-unsaturated/α-hetero) is 3. The van der Waals surface area contributed by atoms with E-state index in [0.717, 1.165) is 5.57 Å². The number of amides is 1. The van der Waals surface area contributed by atoms with E-state index in [1.807, 2.05) is 119 Å². The van der Waals surface area contributed by atoms with Crippen LogP contribution in [0.3, 0.4) is 0 Å². The monoisotopic (exact) mass is 1110 g/mol. The van der Waals surface area contributed by atoms with Gasteiger partial charge in [0.25, 0.3) is 19.1 Å². The Hall–Kier alpha value is -4.70. The fourth-order valence-electron chi connectivity index (χ4n) is 11.9. The molecule has 15 atom stereocenters. The Balaban J connectivity index is 1.29. The number of hydrogen-bond donors (Lipinski definition) is 2. The van der Waals surface area contributed by atoms with Gasteiger partial charge in [0.1, 0.15) is 30.1 Å². The number of carbonyl (C=O) groups excluding carboxylic acids is 5. The molecule has 2 N–H and O–H groups in total. The van der Waals surface area contributed by atoms with Gasteiger partial charge in [-0.3, -0.25) is 23.7 Å². The third kappa shape index (κ3) is 16.1. The predicted octanol–water partition coefficient (Wildman–Crippen LogP) is 9.13. The van der Waals surface area contributed by atoms with Crippen molar-refractivity contribution in [2.75, 3.05) is 27.9 Å². The molecule has 0 radical (unpaired) electrons. The summed E-state index contributed by atoms with van der Waals surface area (Å²) in [5, 5.41) is 24.8. The number of carbonyl (C=O) groups is 5. The van der Waals surface area contributed by atoms with Gasteiger partial charge in [-0.25, -0.2) is 4.79 Å². The summed E-state index contributed by atoms with van der Waals surface area (Å²) >= 11 is 0. The second-order valence-electron chi connectivity index (χ2n) is 22.9. The van der Waals surface area contributed by atoms with Gasteiger partial charge in [0.2, 0.25) is 5.79 Å². The van der Waals surface area contributed by atoms with Crippen molar-refractivity contribution in [1.82, 2.24) is 4.90 Å². The summed E-state index contributed by atoms with van der Waals surface area (Å²) in [5.74, 6) is -8.37. The van der Waals surface area contributed by atoms with E-state index in [9.17, 15) is 38.8 Å². The lowest BCUT2D eigenvalue weighted by Crippen LogP contribution is -2.61. The lowest BCUT2D eigenvalue weighted by Gasteiger charge is -2.42. The van der Waals surface area contributed by atoms with Crippen LogP contribution in [0.25, 0.3) is 0 Å². The Bertz CT molecular complexity index is 2500. The van der Waals surface area contributed by atoms with E-state index >= 15 is 0 Å². The van der Waals surface area contributed by atoms with Crippen LogP contribution in [0.4, 0.5) is 0 Å². The molecule has 2 saturated heterocycles. The molecule has 6 rings (SSSR count). The summed E-state index contributed by atoms with van der Waals surface area (Å²) in [5.41, 5.74) is 1.24. The van der Waals surface area contributed by atoms with Gasteiger partial charge >= 0.3 is 5.97 Å². The van der Waals surface area contributed by atoms with Crippen LogP contribution in [-0.4, -0.2) is 127 Å². The first-order valence-corrected chi connectivity index (χ1v) is 30.2. The summed E-state index contributed by atoms with van der Waals surface area (Å²) in [7, 11) is 1.02. The van der Waals surface area contributed by atoms with Gasteiger partial charge in [0, 0.05) is 69.1 Å². The number of nitrogens with zero attached hydrogens (tertiary/aromatic N) is 1. The summed E-state index contributed by atoms with van der Waals surface area (Å²) in [6.07, 6.45) is 10.6. The number of aliphatic hydroxyl groups excluding tert-OH is 1. The molecule has 2 bridgehead atoms. The number of benzene rings is 2. The van der Waals surface area contributed by atoms with Crippen molar-refractivity contribution in [3.63, 3.8) is 0 Å². The number of ether oxygens (including phenoxy) is 5. The highest BCUT2D eigenvalue weighted by Crippen LogP contribution is 2.49. The van der Waals surface area contributed by atoms with Gasteiger partial charge in [-0.1, -0.05) is 107 Å². The Labute approximate surface area is 469 Å². The Kier molecular flexibility index (Phi) is 23.6. The van der Waals surface area contributed by atoms with Crippen LogP contribution < -0.4 is 10.6 Å². The molecule has 0 spiro atoms. The molecule has 16 heteroatoms. The van der Waals surface area contributed by atoms with E-state index in [1.54, 1.807) is 41.1 Å². The molecule has 79 heavy (non-hydrogen) atoms. The van der Waals surface area contributed by atoms with Crippen molar-refractivity contribution in [3.8, 4) is 0 Å². The first kappa shape index (κ1) is 63.5. The second kappa shape index (κ2) is 29.3. The molecule has 3 aliphatic heterocycles. The highest BCUT2D eigenvalue weighted by atomic mass is 31.2. The maximum Gasteiger partial charge on any atom is 0.329 e. The Morgan fingerprint density at radius 1 is 0.772 bits per heavy atom. The first-order chi connectivity index (χ1) is 37.6. The van der Waals surface area contributed by atoms with Crippen LogP contribution in [0, 0.1) is 35.5 Å². The number of allylic oxidation sites excluding steroid dienone is 6. The number of methoxy groups -OCH3 is 3. The molecule has 1 unspecified atom stereocenters. The minimum atomic E-state index is -3.55. The van der Waals surface area contributed by atoms with E-state index in [0.29, 0.717) is 80.4 Å². The van der Waals surface area contributed by atoms with E-state index < -0.39 is 103 Å². The first-order valence-electron chi connectivity index (χ1n) is 28.5. The number of fused-ring (bicyclic) bond motifs is 3. The van der Waals surface area contributed by atoms with Gasteiger partial charge < -0.3 is 43.3 Å². The number of piperidine rings is 1. The Morgan fingerprint density at radius 2 is 1.44 bits per heavy atom. The zero-order chi connectivity index (χ0) is 57.6. The predicted molar refractivity (Wildman–Crippen MR) is 304 cm³/mol. The summed E-state index contributed by atoms with van der Waals surface area (Å²) in [4.78, 5) is 73.1. The van der Waals surface area contributed by atoms with Crippen molar-refractivity contribution in [1.29, 1.82) is 0 Å². The van der Waals surface area contributed by atoms with E-state index in [-0.39, 0.29) is 42.8 Å². The van der Waals surface area contributed by atoms with Crippen LogP contribution in [0.15, 0.2) is 108 Å². The Morgan fingerprint density at radius 3 is 2.08 bits per heavy atom. The zero-order valence-corrected chi connectivity index (χ0v) is 49.1. The number of rotatable bonds is 10. The summed E-state index contributed by atoms with van der Waals surface area (Å²) in [6.45, 7) is 12.7. The fraction of sp³-hybridized carbons (Fsp3) is 0.603. The highest BCUT2D eigenvalue weighted by molar-refractivity contribution is 7.74. The molecule has 15 nitrogen and oxygen atoms in total. The molecule has 3 heterocycles. The van der Waals surface area contributed by atoms with Crippen molar-refractivity contribution in [3.05, 3.63) is 108 Å². The molecular weight excluding hydrogens is 1030 g/mol. The maximum atomic E-state index is 15.0. The van der Waals surface area contributed by atoms with Gasteiger partial charge in [0.15, 0.2) is 5.78 Å². The lowest BCUT2D eigenvalue weighted by molar-refractivity contribution is -0.265. The molecule has 3 fully saturated rings. The number of hydrogen-bond acceptors (Lipinski definition) is 14. The average Bonchev–Trinajstić information content (AvgIpc) is 3.46. The van der Waals surface area contributed by atoms with Crippen LogP contribution >= 0.6 is 7.37 Å². The molecular formula is C63H88NO14P. The minimum absolute atomic E-state index is 0.000329. The number of cyclic esters (lactones) is 1. The second-order valence-corrected chi connectivity index (χ2v) is 25.2. The van der Waals surface area contributed by atoms with Gasteiger partial charge in [-0.15, -0.1) is 0 Å². The van der Waals surface area contributed by atoms with Crippen LogP contribution in [0.2, 0.25) is 0 Å². The third-order valence-electron chi connectivity index (χ3n) is 16.9. The molecule has 434 valence electrons. The minimum Gasteiger partial charge on any atom is -0.460 e. The quantitative estimate of drug-likeness (QED) is 0.0987. The summed E-state index contributed by atoms with van der Waals surface area (Å²) in [6, 6.07) is 17.2. The topological polar surface area (TPSA) is 201 Å². The number of ketones is 3. The normalized spacial score (nSPS) is 35.5. The molecule has 0 aromatic heterocycles. The number of aliphatic hydroxyl groups is 2. The average molecular weight is 1110 g/mol. The van der Waals surface area contributed by atoms with E-state index in [1.165, 1.54) is 12.0 Å². The van der Waals surface area contributed by atoms with Crippen LogP contribution in [0.5, 0.6) is 0 Å². The molecule has 1 aliphatic carbocycles. The van der Waals surface area contributed by atoms with E-state index in [4.69, 9.17) is 28.2 Å². The van der Waals surface area contributed by atoms with Crippen molar-refractivity contribution >= 4 is 47.2 Å². The highest BCUT2D eigenvalue weighted by Gasteiger charge is 2.53. The maximum absolute atomic E-state index is 15.0. The third-order valence-corrected chi connectivity index (χ3v) is 19.5. The van der Waals surface area contributed by atoms with E-state index in [2.05, 4.69) is 0 Å².